The number of rotatable bonds is 6. The van der Waals surface area contributed by atoms with Gasteiger partial charge in [0, 0.05) is 24.8 Å². The van der Waals surface area contributed by atoms with Crippen LogP contribution in [0.1, 0.15) is 51.1 Å². The van der Waals surface area contributed by atoms with E-state index in [1.165, 1.54) is 25.7 Å². The predicted octanol–water partition coefficient (Wildman–Crippen LogP) is 2.87. The van der Waals surface area contributed by atoms with E-state index in [1.807, 2.05) is 13.1 Å². The second-order valence-electron chi connectivity index (χ2n) is 5.02. The van der Waals surface area contributed by atoms with E-state index in [2.05, 4.69) is 28.9 Å². The summed E-state index contributed by atoms with van der Waals surface area (Å²) in [7, 11) is 0. The average Bonchev–Trinajstić information content (AvgIpc) is 3.14. The van der Waals surface area contributed by atoms with Crippen LogP contribution in [0.2, 0.25) is 0 Å². The number of hydrogen-bond acceptors (Lipinski definition) is 3. The van der Waals surface area contributed by atoms with E-state index in [0.29, 0.717) is 0 Å². The molecule has 0 unspecified atom stereocenters. The third kappa shape index (κ3) is 3.19. The maximum absolute atomic E-state index is 5.84. The quantitative estimate of drug-likeness (QED) is 0.821. The van der Waals surface area contributed by atoms with Crippen LogP contribution in [-0.2, 0) is 0 Å². The number of nitrogens with two attached hydrogens (primary N) is 1. The molecule has 1 aromatic rings. The minimum Gasteiger partial charge on any atom is -0.354 e. The number of unbranched alkanes of at least 4 members (excludes halogenated alkanes) is 1. The normalized spacial score (nSPS) is 16.9. The van der Waals surface area contributed by atoms with Crippen molar-refractivity contribution in [2.45, 2.75) is 51.6 Å². The third-order valence-electron chi connectivity index (χ3n) is 3.33. The zero-order valence-corrected chi connectivity index (χ0v) is 10.9. The molecule has 1 fully saturated rings. The molecule has 17 heavy (non-hydrogen) atoms. The Bertz CT molecular complexity index is 341. The molecule has 3 heteroatoms. The number of hydrogen-bond donors (Lipinski definition) is 1. The molecule has 0 radical (unpaired) electrons. The van der Waals surface area contributed by atoms with Crippen LogP contribution >= 0.6 is 0 Å². The second-order valence-corrected chi connectivity index (χ2v) is 5.02. The molecule has 1 heterocycles. The molecule has 2 rings (SSSR count). The molecule has 3 nitrogen and oxygen atoms in total. The van der Waals surface area contributed by atoms with E-state index in [0.717, 1.165) is 24.0 Å². The largest absolute Gasteiger partial charge is 0.354 e. The van der Waals surface area contributed by atoms with Crippen LogP contribution in [0.5, 0.6) is 0 Å². The molecule has 0 spiro atoms. The highest BCUT2D eigenvalue weighted by atomic mass is 15.2. The first-order chi connectivity index (χ1) is 8.22. The summed E-state index contributed by atoms with van der Waals surface area (Å²) in [6, 6.07) is 5.03. The van der Waals surface area contributed by atoms with Crippen molar-refractivity contribution >= 4 is 5.82 Å². The fraction of sp³-hybridized carbons (Fsp3) is 0.643. The lowest BCUT2D eigenvalue weighted by molar-refractivity contribution is 0.703. The minimum atomic E-state index is 0.0709. The molecule has 1 aliphatic carbocycles. The van der Waals surface area contributed by atoms with Crippen LogP contribution in [0.15, 0.2) is 18.3 Å². The van der Waals surface area contributed by atoms with Gasteiger partial charge in [-0.25, -0.2) is 4.98 Å². The van der Waals surface area contributed by atoms with Gasteiger partial charge in [0.25, 0.3) is 0 Å². The first kappa shape index (κ1) is 12.4. The zero-order chi connectivity index (χ0) is 12.3. The molecular formula is C14H23N3. The number of aromatic nitrogens is 1. The van der Waals surface area contributed by atoms with Crippen molar-refractivity contribution in [2.24, 2.45) is 5.73 Å². The van der Waals surface area contributed by atoms with Crippen molar-refractivity contribution in [1.82, 2.24) is 4.98 Å². The summed E-state index contributed by atoms with van der Waals surface area (Å²) in [4.78, 5) is 7.01. The highest BCUT2D eigenvalue weighted by Crippen LogP contribution is 2.31. The van der Waals surface area contributed by atoms with Gasteiger partial charge in [0.2, 0.25) is 0 Å². The molecule has 1 atom stereocenters. The maximum Gasteiger partial charge on any atom is 0.128 e. The van der Waals surface area contributed by atoms with Crippen LogP contribution in [0, 0.1) is 0 Å². The van der Waals surface area contributed by atoms with E-state index in [1.54, 1.807) is 0 Å². The monoisotopic (exact) mass is 233 g/mol. The highest BCUT2D eigenvalue weighted by Gasteiger charge is 2.29. The highest BCUT2D eigenvalue weighted by molar-refractivity contribution is 5.42. The van der Waals surface area contributed by atoms with Gasteiger partial charge in [-0.05, 0) is 37.8 Å². The van der Waals surface area contributed by atoms with E-state index in [-0.39, 0.29) is 6.04 Å². The molecule has 1 aromatic heterocycles. The molecular weight excluding hydrogens is 210 g/mol. The van der Waals surface area contributed by atoms with Gasteiger partial charge in [-0.3, -0.25) is 0 Å². The lowest BCUT2D eigenvalue weighted by atomic mass is 10.1. The topological polar surface area (TPSA) is 42.1 Å². The fourth-order valence-electron chi connectivity index (χ4n) is 2.04. The molecule has 0 aliphatic heterocycles. The van der Waals surface area contributed by atoms with Crippen LogP contribution in [0.25, 0.3) is 0 Å². The third-order valence-corrected chi connectivity index (χ3v) is 3.33. The Morgan fingerprint density at radius 1 is 1.47 bits per heavy atom. The Labute approximate surface area is 104 Å². The van der Waals surface area contributed by atoms with Crippen molar-refractivity contribution in [2.75, 3.05) is 11.4 Å². The Balaban J connectivity index is 2.07. The number of nitrogens with zero attached hydrogens (tertiary/aromatic N) is 2. The zero-order valence-electron chi connectivity index (χ0n) is 10.9. The van der Waals surface area contributed by atoms with Crippen molar-refractivity contribution in [1.29, 1.82) is 0 Å². The summed E-state index contributed by atoms with van der Waals surface area (Å²) in [6.07, 6.45) is 7.04. The Kier molecular flexibility index (Phi) is 4.00. The van der Waals surface area contributed by atoms with Gasteiger partial charge in [0.05, 0.1) is 0 Å². The van der Waals surface area contributed by atoms with E-state index >= 15 is 0 Å². The summed E-state index contributed by atoms with van der Waals surface area (Å²) < 4.78 is 0. The van der Waals surface area contributed by atoms with Gasteiger partial charge in [0.1, 0.15) is 5.82 Å². The van der Waals surface area contributed by atoms with Gasteiger partial charge in [-0.15, -0.1) is 0 Å². The summed E-state index contributed by atoms with van der Waals surface area (Å²) in [5.41, 5.74) is 6.95. The first-order valence-corrected chi connectivity index (χ1v) is 6.70. The van der Waals surface area contributed by atoms with E-state index < -0.39 is 0 Å². The molecule has 94 valence electrons. The van der Waals surface area contributed by atoms with Gasteiger partial charge in [0.15, 0.2) is 0 Å². The summed E-state index contributed by atoms with van der Waals surface area (Å²) in [5.74, 6) is 1.12. The summed E-state index contributed by atoms with van der Waals surface area (Å²) in [5, 5.41) is 0. The average molecular weight is 233 g/mol. The summed E-state index contributed by atoms with van der Waals surface area (Å²) >= 11 is 0. The van der Waals surface area contributed by atoms with Crippen LogP contribution in [0.4, 0.5) is 5.82 Å². The SMILES string of the molecule is CCCCN(c1ccc([C@H](C)N)cn1)C1CC1. The van der Waals surface area contributed by atoms with Gasteiger partial charge in [-0.2, -0.15) is 0 Å². The Morgan fingerprint density at radius 2 is 2.24 bits per heavy atom. The molecule has 0 bridgehead atoms. The standard InChI is InChI=1S/C14H23N3/c1-3-4-9-17(13-6-7-13)14-8-5-12(10-16-14)11(2)15/h5,8,10-11,13H,3-4,6-7,9,15H2,1-2H3/t11-/m0/s1. The molecule has 1 aliphatic rings. The Morgan fingerprint density at radius 3 is 2.71 bits per heavy atom. The molecule has 1 saturated carbocycles. The molecule has 0 aromatic carbocycles. The minimum absolute atomic E-state index is 0.0709. The van der Waals surface area contributed by atoms with Gasteiger partial charge >= 0.3 is 0 Å². The van der Waals surface area contributed by atoms with Crippen molar-refractivity contribution in [3.63, 3.8) is 0 Å². The first-order valence-electron chi connectivity index (χ1n) is 6.70. The van der Waals surface area contributed by atoms with Crippen molar-refractivity contribution in [3.8, 4) is 0 Å². The molecule has 2 N–H and O–H groups in total. The molecule has 0 amide bonds. The Hall–Kier alpha value is -1.09. The smallest absolute Gasteiger partial charge is 0.128 e. The van der Waals surface area contributed by atoms with E-state index in [9.17, 15) is 0 Å². The van der Waals surface area contributed by atoms with Gasteiger partial charge in [-0.1, -0.05) is 19.4 Å². The van der Waals surface area contributed by atoms with Crippen molar-refractivity contribution in [3.05, 3.63) is 23.9 Å². The van der Waals surface area contributed by atoms with Crippen LogP contribution in [-0.4, -0.2) is 17.6 Å². The maximum atomic E-state index is 5.84. The lowest BCUT2D eigenvalue weighted by Crippen LogP contribution is -2.27. The van der Waals surface area contributed by atoms with Crippen LogP contribution in [0.3, 0.4) is 0 Å². The molecule has 0 saturated heterocycles. The number of pyridine rings is 1. The van der Waals surface area contributed by atoms with Crippen LogP contribution < -0.4 is 10.6 Å². The van der Waals surface area contributed by atoms with Crippen molar-refractivity contribution < 1.29 is 0 Å². The fourth-order valence-corrected chi connectivity index (χ4v) is 2.04. The lowest BCUT2D eigenvalue weighted by Gasteiger charge is -2.23. The second kappa shape index (κ2) is 5.50. The predicted molar refractivity (Wildman–Crippen MR) is 72.1 cm³/mol. The summed E-state index contributed by atoms with van der Waals surface area (Å²) in [6.45, 7) is 5.36. The van der Waals surface area contributed by atoms with Gasteiger partial charge < -0.3 is 10.6 Å². The van der Waals surface area contributed by atoms with E-state index in [4.69, 9.17) is 5.73 Å². The number of anilines is 1.